The predicted molar refractivity (Wildman–Crippen MR) is 79.5 cm³/mol. The van der Waals surface area contributed by atoms with Gasteiger partial charge in [-0.3, -0.25) is 0 Å². The third-order valence-corrected chi connectivity index (χ3v) is 3.48. The second kappa shape index (κ2) is 8.57. The molecule has 19 heavy (non-hydrogen) atoms. The zero-order chi connectivity index (χ0) is 14.1. The number of unbranched alkanes of at least 4 members (excludes halogenated alkanes) is 6. The van der Waals surface area contributed by atoms with E-state index in [1.165, 1.54) is 38.5 Å². The van der Waals surface area contributed by atoms with E-state index >= 15 is 0 Å². The SMILES string of the molecule is CCCCCCCCCc1cccc(C(=O)O)c1N. The van der Waals surface area contributed by atoms with Crippen LogP contribution in [0.25, 0.3) is 0 Å². The van der Waals surface area contributed by atoms with Crippen LogP contribution in [0, 0.1) is 0 Å². The van der Waals surface area contributed by atoms with Crippen LogP contribution in [0.3, 0.4) is 0 Å². The van der Waals surface area contributed by atoms with Crippen molar-refractivity contribution in [3.8, 4) is 0 Å². The number of aryl methyl sites for hydroxylation is 1. The molecule has 0 aliphatic carbocycles. The molecule has 1 aromatic carbocycles. The molecule has 0 saturated heterocycles. The molecule has 0 aliphatic heterocycles. The molecule has 0 amide bonds. The minimum absolute atomic E-state index is 0.223. The highest BCUT2D eigenvalue weighted by molar-refractivity contribution is 5.94. The van der Waals surface area contributed by atoms with Crippen molar-refractivity contribution in [2.45, 2.75) is 58.3 Å². The number of nitrogens with two attached hydrogens (primary N) is 1. The standard InChI is InChI=1S/C16H25NO2/c1-2-3-4-5-6-7-8-10-13-11-9-12-14(15(13)17)16(18)19/h9,11-12H,2-8,10,17H2,1H3,(H,18,19). The normalized spacial score (nSPS) is 10.6. The van der Waals surface area contributed by atoms with Crippen molar-refractivity contribution < 1.29 is 9.90 Å². The average molecular weight is 263 g/mol. The monoisotopic (exact) mass is 263 g/mol. The Kier molecular flexibility index (Phi) is 7.01. The zero-order valence-corrected chi connectivity index (χ0v) is 11.8. The number of rotatable bonds is 9. The topological polar surface area (TPSA) is 63.3 Å². The minimum Gasteiger partial charge on any atom is -0.478 e. The van der Waals surface area contributed by atoms with Gasteiger partial charge in [0.05, 0.1) is 5.56 Å². The highest BCUT2D eigenvalue weighted by Gasteiger charge is 2.10. The first-order chi connectivity index (χ1) is 9.16. The molecular weight excluding hydrogens is 238 g/mol. The van der Waals surface area contributed by atoms with Crippen molar-refractivity contribution >= 4 is 11.7 Å². The minimum atomic E-state index is -0.945. The molecule has 3 N–H and O–H groups in total. The van der Waals surface area contributed by atoms with Gasteiger partial charge in [-0.1, -0.05) is 57.6 Å². The fraction of sp³-hybridized carbons (Fsp3) is 0.562. The van der Waals surface area contributed by atoms with Gasteiger partial charge in [0, 0.05) is 5.69 Å². The Labute approximate surface area is 115 Å². The largest absolute Gasteiger partial charge is 0.478 e. The molecule has 0 saturated carbocycles. The molecule has 0 spiro atoms. The van der Waals surface area contributed by atoms with E-state index in [2.05, 4.69) is 6.92 Å². The molecule has 0 bridgehead atoms. The van der Waals surface area contributed by atoms with Gasteiger partial charge >= 0.3 is 5.97 Å². The van der Waals surface area contributed by atoms with Crippen LogP contribution in [0.2, 0.25) is 0 Å². The van der Waals surface area contributed by atoms with Crippen molar-refractivity contribution in [2.75, 3.05) is 5.73 Å². The number of anilines is 1. The van der Waals surface area contributed by atoms with E-state index in [0.717, 1.165) is 18.4 Å². The summed E-state index contributed by atoms with van der Waals surface area (Å²) >= 11 is 0. The van der Waals surface area contributed by atoms with Gasteiger partial charge in [-0.2, -0.15) is 0 Å². The summed E-state index contributed by atoms with van der Waals surface area (Å²) in [5.74, 6) is -0.945. The van der Waals surface area contributed by atoms with Gasteiger partial charge < -0.3 is 10.8 Å². The Bertz CT molecular complexity index is 402. The summed E-state index contributed by atoms with van der Waals surface area (Å²) in [6, 6.07) is 5.27. The van der Waals surface area contributed by atoms with Crippen molar-refractivity contribution in [3.63, 3.8) is 0 Å². The van der Waals surface area contributed by atoms with Crippen LogP contribution in [-0.2, 0) is 6.42 Å². The summed E-state index contributed by atoms with van der Waals surface area (Å²) in [6.07, 6.45) is 9.65. The van der Waals surface area contributed by atoms with Gasteiger partial charge in [0.25, 0.3) is 0 Å². The molecule has 3 heteroatoms. The van der Waals surface area contributed by atoms with Crippen molar-refractivity contribution in [2.24, 2.45) is 0 Å². The highest BCUT2D eigenvalue weighted by Crippen LogP contribution is 2.20. The number of carboxylic acids is 1. The van der Waals surface area contributed by atoms with Gasteiger partial charge in [0.1, 0.15) is 0 Å². The maximum Gasteiger partial charge on any atom is 0.337 e. The molecule has 0 heterocycles. The molecule has 106 valence electrons. The lowest BCUT2D eigenvalue weighted by Gasteiger charge is -2.08. The van der Waals surface area contributed by atoms with Crippen LogP contribution in [-0.4, -0.2) is 11.1 Å². The third-order valence-electron chi connectivity index (χ3n) is 3.48. The molecule has 1 aromatic rings. The fourth-order valence-corrected chi connectivity index (χ4v) is 2.29. The number of carbonyl (C=O) groups is 1. The summed E-state index contributed by atoms with van der Waals surface area (Å²) in [6.45, 7) is 2.22. The van der Waals surface area contributed by atoms with Gasteiger partial charge in [-0.15, -0.1) is 0 Å². The van der Waals surface area contributed by atoms with Crippen LogP contribution >= 0.6 is 0 Å². The number of aromatic carboxylic acids is 1. The van der Waals surface area contributed by atoms with Crippen LogP contribution < -0.4 is 5.73 Å². The van der Waals surface area contributed by atoms with Crippen LogP contribution in [0.4, 0.5) is 5.69 Å². The molecule has 1 rings (SSSR count). The van der Waals surface area contributed by atoms with E-state index in [0.29, 0.717) is 5.69 Å². The second-order valence-corrected chi connectivity index (χ2v) is 5.05. The van der Waals surface area contributed by atoms with E-state index in [-0.39, 0.29) is 5.56 Å². The van der Waals surface area contributed by atoms with Crippen molar-refractivity contribution in [1.82, 2.24) is 0 Å². The van der Waals surface area contributed by atoms with Gasteiger partial charge in [-0.05, 0) is 24.5 Å². The van der Waals surface area contributed by atoms with Crippen LogP contribution in [0.15, 0.2) is 18.2 Å². The van der Waals surface area contributed by atoms with E-state index in [4.69, 9.17) is 10.8 Å². The number of benzene rings is 1. The molecule has 3 nitrogen and oxygen atoms in total. The van der Waals surface area contributed by atoms with Crippen molar-refractivity contribution in [1.29, 1.82) is 0 Å². The first-order valence-electron chi connectivity index (χ1n) is 7.27. The van der Waals surface area contributed by atoms with Gasteiger partial charge in [-0.25, -0.2) is 4.79 Å². The lowest BCUT2D eigenvalue weighted by Crippen LogP contribution is -2.05. The lowest BCUT2D eigenvalue weighted by atomic mass is 10.0. The predicted octanol–water partition coefficient (Wildman–Crippen LogP) is 4.26. The fourth-order valence-electron chi connectivity index (χ4n) is 2.29. The maximum absolute atomic E-state index is 11.0. The first-order valence-corrected chi connectivity index (χ1v) is 7.27. The Morgan fingerprint density at radius 2 is 1.74 bits per heavy atom. The summed E-state index contributed by atoms with van der Waals surface area (Å²) in [4.78, 5) is 11.0. The van der Waals surface area contributed by atoms with Gasteiger partial charge in [0.2, 0.25) is 0 Å². The summed E-state index contributed by atoms with van der Waals surface area (Å²) in [5, 5.41) is 9.00. The number of carboxylic acid groups (broad SMARTS) is 1. The molecule has 0 radical (unpaired) electrons. The molecule has 0 aromatic heterocycles. The first kappa shape index (κ1) is 15.5. The average Bonchev–Trinajstić information content (AvgIpc) is 2.39. The smallest absolute Gasteiger partial charge is 0.337 e. The third kappa shape index (κ3) is 5.33. The Morgan fingerprint density at radius 1 is 1.11 bits per heavy atom. The summed E-state index contributed by atoms with van der Waals surface area (Å²) < 4.78 is 0. The van der Waals surface area contributed by atoms with Gasteiger partial charge in [0.15, 0.2) is 0 Å². The lowest BCUT2D eigenvalue weighted by molar-refractivity contribution is 0.0698. The molecule has 0 fully saturated rings. The van der Waals surface area contributed by atoms with Crippen LogP contribution in [0.5, 0.6) is 0 Å². The van der Waals surface area contributed by atoms with E-state index < -0.39 is 5.97 Å². The number of hydrogen-bond donors (Lipinski definition) is 2. The maximum atomic E-state index is 11.0. The summed E-state index contributed by atoms with van der Waals surface area (Å²) in [7, 11) is 0. The Balaban J connectivity index is 2.33. The van der Waals surface area contributed by atoms with Crippen LogP contribution in [0.1, 0.15) is 67.8 Å². The molecule has 0 aliphatic rings. The number of nitrogen functional groups attached to an aromatic ring is 1. The summed E-state index contributed by atoms with van der Waals surface area (Å²) in [5.41, 5.74) is 7.50. The number of hydrogen-bond acceptors (Lipinski definition) is 2. The molecule has 0 unspecified atom stereocenters. The second-order valence-electron chi connectivity index (χ2n) is 5.05. The highest BCUT2D eigenvalue weighted by atomic mass is 16.4. The quantitative estimate of drug-likeness (QED) is 0.517. The van der Waals surface area contributed by atoms with E-state index in [1.807, 2.05) is 6.07 Å². The molecular formula is C16H25NO2. The van der Waals surface area contributed by atoms with Crippen molar-refractivity contribution in [3.05, 3.63) is 29.3 Å². The van der Waals surface area contributed by atoms with E-state index in [1.54, 1.807) is 12.1 Å². The Morgan fingerprint density at radius 3 is 2.37 bits per heavy atom. The Hall–Kier alpha value is -1.51. The number of para-hydroxylation sites is 1. The molecule has 0 atom stereocenters. The van der Waals surface area contributed by atoms with E-state index in [9.17, 15) is 4.79 Å². The zero-order valence-electron chi connectivity index (χ0n) is 11.8.